The fourth-order valence-electron chi connectivity index (χ4n) is 2.76. The van der Waals surface area contributed by atoms with Gasteiger partial charge in [0, 0.05) is 25.9 Å². The predicted octanol–water partition coefficient (Wildman–Crippen LogP) is 2.31. The van der Waals surface area contributed by atoms with E-state index < -0.39 is 0 Å². The maximum absolute atomic E-state index is 12.5. The molecular weight excluding hydrogens is 280 g/mol. The molecule has 0 spiro atoms. The Kier molecular flexibility index (Phi) is 4.53. The predicted molar refractivity (Wildman–Crippen MR) is 81.6 cm³/mol. The second kappa shape index (κ2) is 6.75. The van der Waals surface area contributed by atoms with E-state index in [-0.39, 0.29) is 5.91 Å². The summed E-state index contributed by atoms with van der Waals surface area (Å²) in [5.41, 5.74) is 1.64. The highest BCUT2D eigenvalue weighted by Crippen LogP contribution is 2.16. The number of amides is 1. The van der Waals surface area contributed by atoms with Crippen LogP contribution in [-0.2, 0) is 11.2 Å². The molecule has 0 radical (unpaired) electrons. The number of benzene rings is 1. The van der Waals surface area contributed by atoms with E-state index in [4.69, 9.17) is 9.15 Å². The SMILES string of the molecule is Cc1nc(C(=O)N2CCOC[C@H](Cc3ccccc3)C2)co1. The van der Waals surface area contributed by atoms with Crippen molar-refractivity contribution >= 4 is 5.91 Å². The normalized spacial score (nSPS) is 19.0. The van der Waals surface area contributed by atoms with Crippen LogP contribution in [0, 0.1) is 12.8 Å². The van der Waals surface area contributed by atoms with Crippen molar-refractivity contribution in [1.29, 1.82) is 0 Å². The number of aromatic nitrogens is 1. The lowest BCUT2D eigenvalue weighted by atomic mass is 9.99. The van der Waals surface area contributed by atoms with Crippen LogP contribution in [0.15, 0.2) is 41.0 Å². The van der Waals surface area contributed by atoms with Gasteiger partial charge in [0.2, 0.25) is 0 Å². The van der Waals surface area contributed by atoms with E-state index in [1.165, 1.54) is 11.8 Å². The number of aryl methyl sites for hydroxylation is 1. The quantitative estimate of drug-likeness (QED) is 0.873. The summed E-state index contributed by atoms with van der Waals surface area (Å²) in [4.78, 5) is 18.5. The third-order valence-corrected chi connectivity index (χ3v) is 3.83. The molecule has 1 fully saturated rings. The van der Waals surface area contributed by atoms with Gasteiger partial charge in [-0.25, -0.2) is 4.98 Å². The maximum atomic E-state index is 12.5. The van der Waals surface area contributed by atoms with Crippen molar-refractivity contribution in [2.24, 2.45) is 5.92 Å². The van der Waals surface area contributed by atoms with Crippen LogP contribution < -0.4 is 0 Å². The lowest BCUT2D eigenvalue weighted by molar-refractivity contribution is 0.0731. The van der Waals surface area contributed by atoms with Crippen molar-refractivity contribution in [2.45, 2.75) is 13.3 Å². The standard InChI is InChI=1S/C17H20N2O3/c1-13-18-16(12-22-13)17(20)19-7-8-21-11-15(10-19)9-14-5-3-2-4-6-14/h2-6,12,15H,7-11H2,1H3/t15-/m1/s1. The lowest BCUT2D eigenvalue weighted by Crippen LogP contribution is -2.36. The van der Waals surface area contributed by atoms with Gasteiger partial charge in [-0.2, -0.15) is 0 Å². The van der Waals surface area contributed by atoms with Crippen molar-refractivity contribution in [2.75, 3.05) is 26.3 Å². The molecule has 1 atom stereocenters. The molecule has 5 nitrogen and oxygen atoms in total. The fourth-order valence-corrected chi connectivity index (χ4v) is 2.76. The first-order valence-corrected chi connectivity index (χ1v) is 7.55. The van der Waals surface area contributed by atoms with E-state index in [2.05, 4.69) is 17.1 Å². The first-order valence-electron chi connectivity index (χ1n) is 7.55. The topological polar surface area (TPSA) is 55.6 Å². The molecule has 5 heteroatoms. The Balaban J connectivity index is 1.68. The number of hydrogen-bond acceptors (Lipinski definition) is 4. The van der Waals surface area contributed by atoms with Gasteiger partial charge in [-0.15, -0.1) is 0 Å². The number of rotatable bonds is 3. The zero-order chi connectivity index (χ0) is 15.4. The maximum Gasteiger partial charge on any atom is 0.275 e. The molecule has 0 aliphatic carbocycles. The summed E-state index contributed by atoms with van der Waals surface area (Å²) in [5, 5.41) is 0. The van der Waals surface area contributed by atoms with Crippen molar-refractivity contribution in [3.63, 3.8) is 0 Å². The molecule has 1 aliphatic rings. The van der Waals surface area contributed by atoms with Crippen LogP contribution in [0.4, 0.5) is 0 Å². The Morgan fingerprint density at radius 2 is 2.18 bits per heavy atom. The second-order valence-corrected chi connectivity index (χ2v) is 5.63. The van der Waals surface area contributed by atoms with E-state index in [0.717, 1.165) is 6.42 Å². The highest BCUT2D eigenvalue weighted by atomic mass is 16.5. The number of ether oxygens (including phenoxy) is 1. The van der Waals surface area contributed by atoms with Gasteiger partial charge in [0.15, 0.2) is 11.6 Å². The minimum Gasteiger partial charge on any atom is -0.448 e. The van der Waals surface area contributed by atoms with E-state index in [0.29, 0.717) is 43.8 Å². The van der Waals surface area contributed by atoms with E-state index in [1.54, 1.807) is 6.92 Å². The monoisotopic (exact) mass is 300 g/mol. The minimum atomic E-state index is -0.0830. The van der Waals surface area contributed by atoms with E-state index >= 15 is 0 Å². The van der Waals surface area contributed by atoms with Gasteiger partial charge < -0.3 is 14.1 Å². The molecule has 1 aliphatic heterocycles. The average molecular weight is 300 g/mol. The van der Waals surface area contributed by atoms with Crippen LogP contribution in [0.2, 0.25) is 0 Å². The Morgan fingerprint density at radius 3 is 2.91 bits per heavy atom. The largest absolute Gasteiger partial charge is 0.448 e. The summed E-state index contributed by atoms with van der Waals surface area (Å²) in [5.74, 6) is 0.720. The van der Waals surface area contributed by atoms with Crippen LogP contribution >= 0.6 is 0 Å². The Labute approximate surface area is 129 Å². The third-order valence-electron chi connectivity index (χ3n) is 3.83. The molecule has 2 aromatic rings. The second-order valence-electron chi connectivity index (χ2n) is 5.63. The summed E-state index contributed by atoms with van der Waals surface area (Å²) >= 11 is 0. The molecule has 1 aromatic heterocycles. The van der Waals surface area contributed by atoms with Crippen molar-refractivity contribution < 1.29 is 13.9 Å². The van der Waals surface area contributed by atoms with Gasteiger partial charge in [0.05, 0.1) is 13.2 Å². The summed E-state index contributed by atoms with van der Waals surface area (Å²) in [7, 11) is 0. The van der Waals surface area contributed by atoms with Gasteiger partial charge in [0.1, 0.15) is 6.26 Å². The molecule has 0 unspecified atom stereocenters. The minimum absolute atomic E-state index is 0.0830. The molecule has 1 aromatic carbocycles. The number of hydrogen-bond donors (Lipinski definition) is 0. The smallest absolute Gasteiger partial charge is 0.275 e. The molecule has 0 saturated carbocycles. The highest BCUT2D eigenvalue weighted by Gasteiger charge is 2.25. The molecule has 116 valence electrons. The Morgan fingerprint density at radius 1 is 1.36 bits per heavy atom. The average Bonchev–Trinajstić information content (AvgIpc) is 2.83. The summed E-state index contributed by atoms with van der Waals surface area (Å²) in [6.45, 7) is 4.25. The molecular formula is C17H20N2O3. The van der Waals surface area contributed by atoms with Crippen LogP contribution in [0.1, 0.15) is 21.9 Å². The number of nitrogens with zero attached hydrogens (tertiary/aromatic N) is 2. The van der Waals surface area contributed by atoms with Crippen molar-refractivity contribution in [3.8, 4) is 0 Å². The Bertz CT molecular complexity index is 624. The van der Waals surface area contributed by atoms with Crippen molar-refractivity contribution in [1.82, 2.24) is 9.88 Å². The van der Waals surface area contributed by atoms with Gasteiger partial charge >= 0.3 is 0 Å². The number of carbonyl (C=O) groups is 1. The number of oxazole rings is 1. The van der Waals surface area contributed by atoms with Crippen LogP contribution in [0.3, 0.4) is 0 Å². The van der Waals surface area contributed by atoms with Gasteiger partial charge in [0.25, 0.3) is 5.91 Å². The first-order chi connectivity index (χ1) is 10.7. The summed E-state index contributed by atoms with van der Waals surface area (Å²) < 4.78 is 10.8. The van der Waals surface area contributed by atoms with Crippen LogP contribution in [-0.4, -0.2) is 42.1 Å². The number of carbonyl (C=O) groups excluding carboxylic acids is 1. The van der Waals surface area contributed by atoms with E-state index in [9.17, 15) is 4.79 Å². The first kappa shape index (κ1) is 14.8. The molecule has 22 heavy (non-hydrogen) atoms. The van der Waals surface area contributed by atoms with Crippen LogP contribution in [0.5, 0.6) is 0 Å². The molecule has 0 N–H and O–H groups in total. The zero-order valence-electron chi connectivity index (χ0n) is 12.7. The summed E-state index contributed by atoms with van der Waals surface area (Å²) in [6.07, 6.45) is 2.33. The third kappa shape index (κ3) is 3.54. The Hall–Kier alpha value is -2.14. The summed E-state index contributed by atoms with van der Waals surface area (Å²) in [6, 6.07) is 10.3. The van der Waals surface area contributed by atoms with Gasteiger partial charge in [-0.3, -0.25) is 4.79 Å². The molecule has 1 saturated heterocycles. The lowest BCUT2D eigenvalue weighted by Gasteiger charge is -2.22. The molecule has 2 heterocycles. The highest BCUT2D eigenvalue weighted by molar-refractivity contribution is 5.92. The molecule has 1 amide bonds. The molecule has 3 rings (SSSR count). The van der Waals surface area contributed by atoms with Gasteiger partial charge in [-0.05, 0) is 12.0 Å². The van der Waals surface area contributed by atoms with Crippen LogP contribution in [0.25, 0.3) is 0 Å². The van der Waals surface area contributed by atoms with Crippen molar-refractivity contribution in [3.05, 3.63) is 53.7 Å². The van der Waals surface area contributed by atoms with Gasteiger partial charge in [-0.1, -0.05) is 30.3 Å². The molecule has 0 bridgehead atoms. The fraction of sp³-hybridized carbons (Fsp3) is 0.412. The zero-order valence-corrected chi connectivity index (χ0v) is 12.7. The van der Waals surface area contributed by atoms with E-state index in [1.807, 2.05) is 23.1 Å².